The Labute approximate surface area is 170 Å². The highest BCUT2D eigenvalue weighted by molar-refractivity contribution is 7.99. The molecular weight excluding hydrogens is 400 g/mol. The first kappa shape index (κ1) is 20.6. The van der Waals surface area contributed by atoms with E-state index in [-0.39, 0.29) is 29.1 Å². The van der Waals surface area contributed by atoms with E-state index >= 15 is 0 Å². The summed E-state index contributed by atoms with van der Waals surface area (Å²) in [7, 11) is 3.03. The molecule has 2 heterocycles. The van der Waals surface area contributed by atoms with Gasteiger partial charge >= 0.3 is 6.03 Å². The molecule has 1 N–H and O–H groups in total. The molecule has 10 nitrogen and oxygen atoms in total. The van der Waals surface area contributed by atoms with E-state index in [0.29, 0.717) is 42.5 Å². The summed E-state index contributed by atoms with van der Waals surface area (Å²) in [5.74, 6) is 1.10. The molecule has 0 unspecified atom stereocenters. The van der Waals surface area contributed by atoms with Gasteiger partial charge in [0.05, 0.1) is 20.0 Å². The number of nitrogens with zero attached hydrogens (tertiary/aromatic N) is 3. The second kappa shape index (κ2) is 9.41. The number of nitrogens with one attached hydrogen (secondary N) is 1. The van der Waals surface area contributed by atoms with E-state index in [4.69, 9.17) is 13.9 Å². The summed E-state index contributed by atoms with van der Waals surface area (Å²) in [5.41, 5.74) is 0.487. The largest absolute Gasteiger partial charge is 0.493 e. The van der Waals surface area contributed by atoms with Crippen LogP contribution in [0.2, 0.25) is 0 Å². The number of urea groups is 1. The summed E-state index contributed by atoms with van der Waals surface area (Å²) in [4.78, 5) is 36.8. The molecule has 154 valence electrons. The van der Waals surface area contributed by atoms with E-state index < -0.39 is 6.03 Å². The summed E-state index contributed by atoms with van der Waals surface area (Å²) in [6.45, 7) is 0.718. The molecular formula is C18H20N4O6S. The van der Waals surface area contributed by atoms with Crippen LogP contribution in [0.3, 0.4) is 0 Å². The lowest BCUT2D eigenvalue weighted by Crippen LogP contribution is -2.49. The highest BCUT2D eigenvalue weighted by Crippen LogP contribution is 2.28. The lowest BCUT2D eigenvalue weighted by molar-refractivity contribution is -0.121. The number of hydrogen-bond acceptors (Lipinski definition) is 9. The van der Waals surface area contributed by atoms with E-state index in [9.17, 15) is 14.4 Å². The molecule has 1 fully saturated rings. The molecule has 1 aromatic carbocycles. The quantitative estimate of drug-likeness (QED) is 0.475. The zero-order valence-electron chi connectivity index (χ0n) is 16.0. The van der Waals surface area contributed by atoms with Crippen LogP contribution in [0.25, 0.3) is 0 Å². The lowest BCUT2D eigenvalue weighted by Gasteiger charge is -2.25. The van der Waals surface area contributed by atoms with Crippen molar-refractivity contribution >= 4 is 29.5 Å². The van der Waals surface area contributed by atoms with Crippen LogP contribution in [0.4, 0.5) is 4.79 Å². The third kappa shape index (κ3) is 5.25. The number of carbonyl (C=O) groups excluding carboxylic acids is 3. The van der Waals surface area contributed by atoms with Crippen molar-refractivity contribution < 1.29 is 28.3 Å². The average molecular weight is 420 g/mol. The first-order valence-electron chi connectivity index (χ1n) is 8.79. The Morgan fingerprint density at radius 3 is 2.76 bits per heavy atom. The van der Waals surface area contributed by atoms with Crippen molar-refractivity contribution in [1.29, 1.82) is 0 Å². The standard InChI is InChI=1S/C18H20N4O6S/c1-26-13-4-3-11(9-14(13)27-2)12(23)10-29-18-21-20-16(28-18)6-8-22-7-5-15(24)19-17(22)25/h3-4,9H,5-8,10H2,1-2H3,(H,19,24,25). The molecule has 0 radical (unpaired) electrons. The molecule has 0 atom stereocenters. The third-order valence-corrected chi connectivity index (χ3v) is 5.04. The fourth-order valence-corrected chi connectivity index (χ4v) is 3.34. The minimum atomic E-state index is -0.420. The second-order valence-electron chi connectivity index (χ2n) is 6.08. The Morgan fingerprint density at radius 2 is 2.03 bits per heavy atom. The fraction of sp³-hybridized carbons (Fsp3) is 0.389. The topological polar surface area (TPSA) is 124 Å². The number of benzene rings is 1. The number of carbonyl (C=O) groups is 3. The van der Waals surface area contributed by atoms with Gasteiger partial charge in [0.25, 0.3) is 5.22 Å². The van der Waals surface area contributed by atoms with E-state index in [0.717, 1.165) is 11.8 Å². The highest BCUT2D eigenvalue weighted by atomic mass is 32.2. The number of rotatable bonds is 9. The van der Waals surface area contributed by atoms with E-state index in [2.05, 4.69) is 15.5 Å². The van der Waals surface area contributed by atoms with E-state index in [1.54, 1.807) is 18.2 Å². The van der Waals surface area contributed by atoms with Gasteiger partial charge in [-0.3, -0.25) is 14.9 Å². The summed E-state index contributed by atoms with van der Waals surface area (Å²) >= 11 is 1.13. The Balaban J connectivity index is 1.50. The molecule has 0 saturated carbocycles. The maximum absolute atomic E-state index is 12.4. The van der Waals surface area contributed by atoms with Crippen LogP contribution in [0.15, 0.2) is 27.8 Å². The number of imide groups is 1. The average Bonchev–Trinajstić information content (AvgIpc) is 3.18. The van der Waals surface area contributed by atoms with Crippen molar-refractivity contribution in [3.63, 3.8) is 0 Å². The number of Topliss-reactive ketones (excluding diaryl/α,β-unsaturated/α-hetero) is 1. The van der Waals surface area contributed by atoms with E-state index in [1.165, 1.54) is 19.1 Å². The first-order valence-corrected chi connectivity index (χ1v) is 9.78. The fourth-order valence-electron chi connectivity index (χ4n) is 2.66. The molecule has 0 bridgehead atoms. The van der Waals surface area contributed by atoms with Gasteiger partial charge in [0.15, 0.2) is 17.3 Å². The van der Waals surface area contributed by atoms with Gasteiger partial charge in [-0.15, -0.1) is 10.2 Å². The zero-order valence-corrected chi connectivity index (χ0v) is 16.8. The monoisotopic (exact) mass is 420 g/mol. The summed E-state index contributed by atoms with van der Waals surface area (Å²) < 4.78 is 15.9. The number of amides is 3. The molecule has 2 aromatic rings. The lowest BCUT2D eigenvalue weighted by atomic mass is 10.1. The summed E-state index contributed by atoms with van der Waals surface area (Å²) in [5, 5.41) is 10.4. The normalized spacial score (nSPS) is 13.9. The minimum absolute atomic E-state index is 0.119. The van der Waals surface area contributed by atoms with Crippen molar-refractivity contribution in [1.82, 2.24) is 20.4 Å². The van der Waals surface area contributed by atoms with Crippen LogP contribution in [0, 0.1) is 0 Å². The Bertz CT molecular complexity index is 916. The summed E-state index contributed by atoms with van der Waals surface area (Å²) in [6.07, 6.45) is 0.633. The number of methoxy groups -OCH3 is 2. The molecule has 1 aliphatic heterocycles. The van der Waals surface area contributed by atoms with Crippen LogP contribution in [0.1, 0.15) is 22.7 Å². The third-order valence-electron chi connectivity index (χ3n) is 4.22. The predicted molar refractivity (Wildman–Crippen MR) is 102 cm³/mol. The maximum Gasteiger partial charge on any atom is 0.324 e. The van der Waals surface area contributed by atoms with E-state index in [1.807, 2.05) is 0 Å². The molecule has 29 heavy (non-hydrogen) atoms. The van der Waals surface area contributed by atoms with Gasteiger partial charge in [0.1, 0.15) is 0 Å². The van der Waals surface area contributed by atoms with Crippen LogP contribution < -0.4 is 14.8 Å². The van der Waals surface area contributed by atoms with Crippen molar-refractivity contribution in [3.8, 4) is 11.5 Å². The Morgan fingerprint density at radius 1 is 1.24 bits per heavy atom. The van der Waals surface area contributed by atoms with Gasteiger partial charge in [-0.1, -0.05) is 11.8 Å². The van der Waals surface area contributed by atoms with Crippen LogP contribution in [0.5, 0.6) is 11.5 Å². The SMILES string of the molecule is COc1ccc(C(=O)CSc2nnc(CCN3CCC(=O)NC3=O)o2)cc1OC. The van der Waals surface area contributed by atoms with Gasteiger partial charge in [0.2, 0.25) is 11.8 Å². The molecule has 3 amide bonds. The smallest absolute Gasteiger partial charge is 0.324 e. The zero-order chi connectivity index (χ0) is 20.8. The second-order valence-corrected chi connectivity index (χ2v) is 7.01. The van der Waals surface area contributed by atoms with Gasteiger partial charge in [-0.2, -0.15) is 0 Å². The molecule has 3 rings (SSSR count). The molecule has 11 heteroatoms. The number of hydrogen-bond donors (Lipinski definition) is 1. The van der Waals surface area contributed by atoms with Crippen molar-refractivity contribution in [2.75, 3.05) is 33.1 Å². The number of thioether (sulfide) groups is 1. The van der Waals surface area contributed by atoms with Gasteiger partial charge in [-0.25, -0.2) is 4.79 Å². The van der Waals surface area contributed by atoms with Gasteiger partial charge < -0.3 is 18.8 Å². The molecule has 1 aromatic heterocycles. The minimum Gasteiger partial charge on any atom is -0.493 e. The van der Waals surface area contributed by atoms with Crippen molar-refractivity contribution in [3.05, 3.63) is 29.7 Å². The summed E-state index contributed by atoms with van der Waals surface area (Å²) in [6, 6.07) is 4.54. The predicted octanol–water partition coefficient (Wildman–Crippen LogP) is 1.55. The molecule has 1 saturated heterocycles. The number of aromatic nitrogens is 2. The van der Waals surface area contributed by atoms with Crippen LogP contribution in [-0.4, -0.2) is 65.9 Å². The first-order chi connectivity index (χ1) is 14.0. The van der Waals surface area contributed by atoms with Crippen molar-refractivity contribution in [2.24, 2.45) is 0 Å². The molecule has 0 spiro atoms. The van der Waals surface area contributed by atoms with Gasteiger partial charge in [0, 0.05) is 31.5 Å². The Kier molecular flexibility index (Phi) is 6.70. The highest BCUT2D eigenvalue weighted by Gasteiger charge is 2.23. The maximum atomic E-state index is 12.4. The van der Waals surface area contributed by atoms with Crippen molar-refractivity contribution in [2.45, 2.75) is 18.1 Å². The molecule has 1 aliphatic rings. The number of ketones is 1. The number of ether oxygens (including phenoxy) is 2. The molecule has 0 aliphatic carbocycles. The van der Waals surface area contributed by atoms with Gasteiger partial charge in [-0.05, 0) is 18.2 Å². The van der Waals surface area contributed by atoms with Crippen LogP contribution >= 0.6 is 11.8 Å². The Hall–Kier alpha value is -3.08. The van der Waals surface area contributed by atoms with Crippen LogP contribution in [-0.2, 0) is 11.2 Å².